The van der Waals surface area contributed by atoms with E-state index < -0.39 is 12.3 Å². The number of carboxylic acid groups (broad SMARTS) is 4. The molecular weight excluding hydrogens is 120 g/mol. The van der Waals surface area contributed by atoms with Crippen LogP contribution in [0.1, 0.15) is 2.85 Å². The van der Waals surface area contributed by atoms with Crippen molar-refractivity contribution in [1.82, 2.24) is 0 Å². The first-order valence-corrected chi connectivity index (χ1v) is 1.30. The van der Waals surface area contributed by atoms with Gasteiger partial charge in [-0.25, -0.2) is 9.59 Å². The molecule has 0 aliphatic carbocycles. The molecule has 0 radical (unpaired) electrons. The van der Waals surface area contributed by atoms with Crippen LogP contribution in [0, 0.1) is 0 Å². The average molecular weight is 126 g/mol. The van der Waals surface area contributed by atoms with Gasteiger partial charge in [0.25, 0.3) is 0 Å². The third kappa shape index (κ3) is 26.7. The summed E-state index contributed by atoms with van der Waals surface area (Å²) < 4.78 is 0. The van der Waals surface area contributed by atoms with Crippen molar-refractivity contribution in [1.29, 1.82) is 0 Å². The molecule has 0 spiro atoms. The van der Waals surface area contributed by atoms with Crippen LogP contribution < -0.4 is 0 Å². The van der Waals surface area contributed by atoms with E-state index in [2.05, 4.69) is 0 Å². The summed E-state index contributed by atoms with van der Waals surface area (Å²) in [5.74, 6) is 0. The molecule has 0 aromatic rings. The molecule has 0 saturated carbocycles. The minimum Gasteiger partial charge on any atom is -0.450 e. The Morgan fingerprint density at radius 2 is 0.875 bits per heavy atom. The van der Waals surface area contributed by atoms with Crippen molar-refractivity contribution in [2.45, 2.75) is 0 Å². The standard InChI is InChI=1S/2CH2O3/c2*2-1(3)4/h2*(H2,2,3,4)/p+2. The molecule has 48 valence electrons. The highest BCUT2D eigenvalue weighted by Crippen LogP contribution is 1.43. The molecule has 0 fully saturated rings. The minimum absolute atomic E-state index is 0. The molecule has 0 unspecified atom stereocenters. The van der Waals surface area contributed by atoms with E-state index in [0.717, 1.165) is 0 Å². The smallest absolute Gasteiger partial charge is 0.450 e. The van der Waals surface area contributed by atoms with Gasteiger partial charge in [0.1, 0.15) is 0 Å². The van der Waals surface area contributed by atoms with Crippen LogP contribution in [-0.2, 0) is 0 Å². The highest BCUT2D eigenvalue weighted by Gasteiger charge is 1.70. The largest absolute Gasteiger partial charge is 1.00 e. The van der Waals surface area contributed by atoms with Gasteiger partial charge in [0.2, 0.25) is 0 Å². The molecule has 0 saturated heterocycles. The molecular formula is C2H6O6+2. The van der Waals surface area contributed by atoms with Crippen LogP contribution in [0.4, 0.5) is 9.59 Å². The van der Waals surface area contributed by atoms with E-state index in [1.54, 1.807) is 0 Å². The second kappa shape index (κ2) is 5.54. The lowest BCUT2D eigenvalue weighted by Gasteiger charge is -1.60. The zero-order valence-corrected chi connectivity index (χ0v) is 3.61. The third-order valence-corrected chi connectivity index (χ3v) is 0. The van der Waals surface area contributed by atoms with Gasteiger partial charge in [0, 0.05) is 0 Å². The Hall–Kier alpha value is -1.46. The average Bonchev–Trinajstić information content (AvgIpc) is 1.25. The van der Waals surface area contributed by atoms with Crippen LogP contribution in [0.5, 0.6) is 0 Å². The third-order valence-electron chi connectivity index (χ3n) is 0. The SMILES string of the molecule is O=C(O)O.O=C(O)O.[H+].[H+]. The summed E-state index contributed by atoms with van der Waals surface area (Å²) in [6, 6.07) is 0. The van der Waals surface area contributed by atoms with E-state index in [1.807, 2.05) is 0 Å². The summed E-state index contributed by atoms with van der Waals surface area (Å²) in [4.78, 5) is 17.1. The van der Waals surface area contributed by atoms with Crippen molar-refractivity contribution in [3.63, 3.8) is 0 Å². The Bertz CT molecular complexity index is 71.7. The normalized spacial score (nSPS) is 6.00. The maximum atomic E-state index is 8.56. The van der Waals surface area contributed by atoms with Crippen LogP contribution in [0.15, 0.2) is 0 Å². The van der Waals surface area contributed by atoms with Gasteiger partial charge in [-0.05, 0) is 0 Å². The van der Waals surface area contributed by atoms with E-state index in [9.17, 15) is 0 Å². The van der Waals surface area contributed by atoms with Crippen LogP contribution in [0.2, 0.25) is 0 Å². The quantitative estimate of drug-likeness (QED) is 0.379. The lowest BCUT2D eigenvalue weighted by molar-refractivity contribution is 0.135. The van der Waals surface area contributed by atoms with Gasteiger partial charge < -0.3 is 20.4 Å². The van der Waals surface area contributed by atoms with Gasteiger partial charge in [-0.3, -0.25) is 0 Å². The van der Waals surface area contributed by atoms with Gasteiger partial charge in [0.05, 0.1) is 0 Å². The van der Waals surface area contributed by atoms with Gasteiger partial charge >= 0.3 is 15.2 Å². The van der Waals surface area contributed by atoms with Crippen LogP contribution >= 0.6 is 0 Å². The van der Waals surface area contributed by atoms with Gasteiger partial charge in [-0.1, -0.05) is 0 Å². The molecule has 0 aromatic carbocycles. The highest BCUT2D eigenvalue weighted by atomic mass is 16.6. The van der Waals surface area contributed by atoms with Crippen molar-refractivity contribution in [2.24, 2.45) is 0 Å². The number of hydrogen-bond acceptors (Lipinski definition) is 2. The second-order valence-corrected chi connectivity index (χ2v) is 0.565. The van der Waals surface area contributed by atoms with E-state index in [4.69, 9.17) is 30.0 Å². The maximum Gasteiger partial charge on any atom is 1.00 e. The number of carbonyl (C=O) groups is 2. The van der Waals surface area contributed by atoms with E-state index in [-0.39, 0.29) is 2.85 Å². The number of rotatable bonds is 0. The molecule has 0 amide bonds. The Balaban J connectivity index is -0.0000000300. The van der Waals surface area contributed by atoms with E-state index in [1.165, 1.54) is 0 Å². The molecule has 0 heterocycles. The lowest BCUT2D eigenvalue weighted by atomic mass is 11.5. The van der Waals surface area contributed by atoms with Crippen LogP contribution in [0.3, 0.4) is 0 Å². The van der Waals surface area contributed by atoms with E-state index >= 15 is 0 Å². The summed E-state index contributed by atoms with van der Waals surface area (Å²) in [7, 11) is 0. The van der Waals surface area contributed by atoms with Crippen LogP contribution in [-0.4, -0.2) is 32.7 Å². The molecule has 0 aliphatic heterocycles. The number of hydrogen-bond donors (Lipinski definition) is 4. The van der Waals surface area contributed by atoms with Crippen molar-refractivity contribution in [3.05, 3.63) is 0 Å². The fraction of sp³-hybridized carbons (Fsp3) is 0. The molecule has 8 heavy (non-hydrogen) atoms. The molecule has 0 atom stereocenters. The molecule has 6 heteroatoms. The minimum atomic E-state index is -1.83. The van der Waals surface area contributed by atoms with Crippen molar-refractivity contribution < 1.29 is 32.9 Å². The van der Waals surface area contributed by atoms with Crippen molar-refractivity contribution in [3.8, 4) is 0 Å². The second-order valence-electron chi connectivity index (χ2n) is 0.565. The Kier molecular flexibility index (Phi) is 6.74. The van der Waals surface area contributed by atoms with Gasteiger partial charge in [-0.15, -0.1) is 0 Å². The summed E-state index contributed by atoms with van der Waals surface area (Å²) in [6.45, 7) is 0. The predicted molar refractivity (Wildman–Crippen MR) is 23.5 cm³/mol. The molecule has 4 N–H and O–H groups in total. The topological polar surface area (TPSA) is 115 Å². The molecule has 0 aromatic heterocycles. The molecule has 0 aliphatic rings. The monoisotopic (exact) mass is 126 g/mol. The Morgan fingerprint density at radius 3 is 0.875 bits per heavy atom. The zero-order chi connectivity index (χ0) is 7.15. The Morgan fingerprint density at radius 1 is 0.875 bits per heavy atom. The summed E-state index contributed by atoms with van der Waals surface area (Å²) in [6.07, 6.45) is -3.67. The lowest BCUT2D eigenvalue weighted by Crippen LogP contribution is -1.81. The fourth-order valence-corrected chi connectivity index (χ4v) is 0. The molecule has 0 bridgehead atoms. The molecule has 6 nitrogen and oxygen atoms in total. The Labute approximate surface area is 46.6 Å². The molecule has 0 rings (SSSR count). The van der Waals surface area contributed by atoms with Gasteiger partial charge in [0.15, 0.2) is 0 Å². The highest BCUT2D eigenvalue weighted by molar-refractivity contribution is 5.53. The van der Waals surface area contributed by atoms with Gasteiger partial charge in [-0.2, -0.15) is 0 Å². The first-order valence-electron chi connectivity index (χ1n) is 1.30. The maximum absolute atomic E-state index is 8.56. The first kappa shape index (κ1) is 9.74. The predicted octanol–water partition coefficient (Wildman–Crippen LogP) is 0.670. The summed E-state index contributed by atoms with van der Waals surface area (Å²) in [5.41, 5.74) is 0. The summed E-state index contributed by atoms with van der Waals surface area (Å²) in [5, 5.41) is 27.9. The summed E-state index contributed by atoms with van der Waals surface area (Å²) >= 11 is 0. The van der Waals surface area contributed by atoms with Crippen molar-refractivity contribution in [2.75, 3.05) is 0 Å². The van der Waals surface area contributed by atoms with Crippen LogP contribution in [0.25, 0.3) is 0 Å². The zero-order valence-electron chi connectivity index (χ0n) is 5.61. The van der Waals surface area contributed by atoms with Crippen molar-refractivity contribution >= 4 is 12.3 Å². The fourth-order valence-electron chi connectivity index (χ4n) is 0. The first-order chi connectivity index (χ1) is 3.46. The van der Waals surface area contributed by atoms with E-state index in [0.29, 0.717) is 0 Å².